The summed E-state index contributed by atoms with van der Waals surface area (Å²) in [5.74, 6) is -0.260. The number of aryl methyl sites for hydroxylation is 1. The second-order valence-corrected chi connectivity index (χ2v) is 4.04. The Morgan fingerprint density at radius 1 is 1.24 bits per heavy atom. The van der Waals surface area contributed by atoms with Crippen molar-refractivity contribution in [2.45, 2.75) is 6.92 Å². The van der Waals surface area contributed by atoms with Gasteiger partial charge in [-0.05, 0) is 36.8 Å². The van der Waals surface area contributed by atoms with Crippen LogP contribution in [0.2, 0.25) is 0 Å². The van der Waals surface area contributed by atoms with Crippen LogP contribution in [-0.2, 0) is 0 Å². The molecule has 0 saturated carbocycles. The summed E-state index contributed by atoms with van der Waals surface area (Å²) in [5.41, 5.74) is 2.90. The van der Waals surface area contributed by atoms with Crippen molar-refractivity contribution >= 4 is 16.7 Å². The van der Waals surface area contributed by atoms with Crippen LogP contribution in [0.15, 0.2) is 41.3 Å². The largest absolute Gasteiger partial charge is 0.504 e. The molecule has 1 N–H and O–H groups in total. The van der Waals surface area contributed by atoms with Crippen molar-refractivity contribution in [1.29, 1.82) is 0 Å². The van der Waals surface area contributed by atoms with Crippen molar-refractivity contribution in [2.75, 3.05) is 0 Å². The molecular formula is C13H10N2O2. The fourth-order valence-electron chi connectivity index (χ4n) is 1.89. The van der Waals surface area contributed by atoms with Crippen molar-refractivity contribution in [3.63, 3.8) is 0 Å². The molecule has 0 radical (unpaired) electrons. The molecule has 3 aromatic rings. The molecular weight excluding hydrogens is 216 g/mol. The number of imidazole rings is 1. The third-order valence-corrected chi connectivity index (χ3v) is 2.77. The van der Waals surface area contributed by atoms with Crippen LogP contribution in [0, 0.1) is 6.92 Å². The molecule has 0 fully saturated rings. The molecule has 0 amide bonds. The maximum absolute atomic E-state index is 11.6. The molecule has 0 atom stereocenters. The maximum atomic E-state index is 11.6. The SMILES string of the molecule is Cc1ccn2c(c1)nc1ccc(O)c(=O)cc12. The number of nitrogens with zero attached hydrogens (tertiary/aromatic N) is 2. The average Bonchev–Trinajstić information content (AvgIpc) is 2.56. The Labute approximate surface area is 96.8 Å². The van der Waals surface area contributed by atoms with Crippen LogP contribution >= 0.6 is 0 Å². The van der Waals surface area contributed by atoms with Crippen molar-refractivity contribution in [1.82, 2.24) is 9.38 Å². The van der Waals surface area contributed by atoms with E-state index in [1.54, 1.807) is 6.07 Å². The summed E-state index contributed by atoms with van der Waals surface area (Å²) in [7, 11) is 0. The van der Waals surface area contributed by atoms with Crippen LogP contribution in [-0.4, -0.2) is 14.5 Å². The lowest BCUT2D eigenvalue weighted by Crippen LogP contribution is -1.94. The Balaban J connectivity index is 2.56. The Hall–Kier alpha value is -2.36. The summed E-state index contributed by atoms with van der Waals surface area (Å²) >= 11 is 0. The minimum atomic E-state index is -0.401. The van der Waals surface area contributed by atoms with Gasteiger partial charge in [0.15, 0.2) is 5.75 Å². The van der Waals surface area contributed by atoms with E-state index in [-0.39, 0.29) is 5.75 Å². The first-order valence-electron chi connectivity index (χ1n) is 5.27. The summed E-state index contributed by atoms with van der Waals surface area (Å²) in [5, 5.41) is 9.38. The van der Waals surface area contributed by atoms with Gasteiger partial charge in [-0.3, -0.25) is 9.20 Å². The van der Waals surface area contributed by atoms with Crippen LogP contribution in [0.5, 0.6) is 5.75 Å². The zero-order valence-electron chi connectivity index (χ0n) is 9.21. The number of hydrogen-bond donors (Lipinski definition) is 1. The molecule has 2 aromatic heterocycles. The summed E-state index contributed by atoms with van der Waals surface area (Å²) in [4.78, 5) is 16.0. The van der Waals surface area contributed by atoms with E-state index in [1.165, 1.54) is 12.1 Å². The second-order valence-electron chi connectivity index (χ2n) is 4.04. The van der Waals surface area contributed by atoms with Crippen LogP contribution in [0.3, 0.4) is 0 Å². The Morgan fingerprint density at radius 2 is 2.06 bits per heavy atom. The van der Waals surface area contributed by atoms with Crippen LogP contribution in [0.25, 0.3) is 16.7 Å². The third kappa shape index (κ3) is 1.45. The minimum Gasteiger partial charge on any atom is -0.504 e. The van der Waals surface area contributed by atoms with Gasteiger partial charge in [-0.15, -0.1) is 0 Å². The lowest BCUT2D eigenvalue weighted by Gasteiger charge is -1.94. The van der Waals surface area contributed by atoms with E-state index in [1.807, 2.05) is 29.7 Å². The molecule has 4 nitrogen and oxygen atoms in total. The quantitative estimate of drug-likeness (QED) is 0.636. The van der Waals surface area contributed by atoms with Crippen LogP contribution in [0.4, 0.5) is 0 Å². The van der Waals surface area contributed by atoms with Crippen molar-refractivity contribution < 1.29 is 5.11 Å². The first-order chi connectivity index (χ1) is 8.15. The van der Waals surface area contributed by atoms with Gasteiger partial charge >= 0.3 is 0 Å². The highest BCUT2D eigenvalue weighted by Gasteiger charge is 2.05. The zero-order chi connectivity index (χ0) is 12.0. The van der Waals surface area contributed by atoms with Crippen molar-refractivity contribution in [3.8, 4) is 5.75 Å². The number of rotatable bonds is 0. The van der Waals surface area contributed by atoms with Gasteiger partial charge < -0.3 is 5.11 Å². The van der Waals surface area contributed by atoms with E-state index in [0.717, 1.165) is 11.2 Å². The number of aromatic nitrogens is 2. The fourth-order valence-corrected chi connectivity index (χ4v) is 1.89. The predicted molar refractivity (Wildman–Crippen MR) is 65.4 cm³/mol. The van der Waals surface area contributed by atoms with Gasteiger partial charge in [0, 0.05) is 12.3 Å². The first kappa shape index (κ1) is 9.84. The van der Waals surface area contributed by atoms with E-state index in [2.05, 4.69) is 4.98 Å². The molecule has 4 heteroatoms. The van der Waals surface area contributed by atoms with Gasteiger partial charge in [0.25, 0.3) is 0 Å². The van der Waals surface area contributed by atoms with E-state index in [4.69, 9.17) is 0 Å². The lowest BCUT2D eigenvalue weighted by atomic mass is 10.3. The van der Waals surface area contributed by atoms with Gasteiger partial charge in [-0.2, -0.15) is 0 Å². The molecule has 0 aliphatic carbocycles. The Kier molecular flexibility index (Phi) is 1.92. The molecule has 0 aliphatic rings. The average molecular weight is 226 g/mol. The molecule has 0 aliphatic heterocycles. The van der Waals surface area contributed by atoms with Crippen LogP contribution in [0.1, 0.15) is 5.56 Å². The molecule has 0 saturated heterocycles. The fraction of sp³-hybridized carbons (Fsp3) is 0.0769. The number of pyridine rings is 1. The van der Waals surface area contributed by atoms with E-state index in [9.17, 15) is 9.90 Å². The molecule has 84 valence electrons. The Bertz CT molecular complexity index is 790. The van der Waals surface area contributed by atoms with Gasteiger partial charge in [0.05, 0.1) is 11.0 Å². The highest BCUT2D eigenvalue weighted by molar-refractivity contribution is 5.80. The molecule has 0 bridgehead atoms. The molecule has 1 aromatic carbocycles. The molecule has 3 rings (SSSR count). The molecule has 2 heterocycles. The maximum Gasteiger partial charge on any atom is 0.222 e. The van der Waals surface area contributed by atoms with E-state index >= 15 is 0 Å². The van der Waals surface area contributed by atoms with E-state index < -0.39 is 5.43 Å². The van der Waals surface area contributed by atoms with Gasteiger partial charge in [0.2, 0.25) is 5.43 Å². The number of aromatic hydroxyl groups is 1. The zero-order valence-corrected chi connectivity index (χ0v) is 9.21. The van der Waals surface area contributed by atoms with Gasteiger partial charge in [0.1, 0.15) is 5.65 Å². The lowest BCUT2D eigenvalue weighted by molar-refractivity contribution is 0.471. The predicted octanol–water partition coefficient (Wildman–Crippen LogP) is 1.86. The molecule has 0 unspecified atom stereocenters. The number of hydrogen-bond acceptors (Lipinski definition) is 3. The third-order valence-electron chi connectivity index (χ3n) is 2.77. The minimum absolute atomic E-state index is 0.260. The highest BCUT2D eigenvalue weighted by Crippen LogP contribution is 2.16. The topological polar surface area (TPSA) is 54.6 Å². The highest BCUT2D eigenvalue weighted by atomic mass is 16.3. The summed E-state index contributed by atoms with van der Waals surface area (Å²) < 4.78 is 1.84. The molecule has 17 heavy (non-hydrogen) atoms. The second kappa shape index (κ2) is 3.31. The van der Waals surface area contributed by atoms with Gasteiger partial charge in [-0.1, -0.05) is 0 Å². The van der Waals surface area contributed by atoms with Crippen LogP contribution < -0.4 is 5.43 Å². The molecule has 0 spiro atoms. The first-order valence-corrected chi connectivity index (χ1v) is 5.27. The summed E-state index contributed by atoms with van der Waals surface area (Å²) in [6, 6.07) is 8.33. The standard InChI is InChI=1S/C13H10N2O2/c1-8-4-5-15-10-7-12(17)11(16)3-2-9(10)14-13(15)6-8/h2-7H,1H3,(H,16,17). The number of fused-ring (bicyclic) bond motifs is 3. The Morgan fingerprint density at radius 3 is 2.88 bits per heavy atom. The van der Waals surface area contributed by atoms with Gasteiger partial charge in [-0.25, -0.2) is 4.98 Å². The smallest absolute Gasteiger partial charge is 0.222 e. The monoisotopic (exact) mass is 226 g/mol. The normalized spacial score (nSPS) is 11.1. The summed E-state index contributed by atoms with van der Waals surface area (Å²) in [6.07, 6.45) is 1.87. The van der Waals surface area contributed by atoms with E-state index in [0.29, 0.717) is 11.0 Å². The van der Waals surface area contributed by atoms with Crippen molar-refractivity contribution in [3.05, 3.63) is 52.3 Å². The summed E-state index contributed by atoms with van der Waals surface area (Å²) in [6.45, 7) is 1.99. The van der Waals surface area contributed by atoms with Crippen molar-refractivity contribution in [2.24, 2.45) is 0 Å².